The lowest BCUT2D eigenvalue weighted by atomic mass is 9.96. The van der Waals surface area contributed by atoms with Gasteiger partial charge in [-0.25, -0.2) is 8.78 Å². The zero-order valence-corrected chi connectivity index (χ0v) is 9.34. The molecule has 0 aliphatic carbocycles. The molecule has 0 bridgehead atoms. The molecular formula is C13H18F2. The highest BCUT2D eigenvalue weighted by Crippen LogP contribution is 2.34. The van der Waals surface area contributed by atoms with Gasteiger partial charge in [-0.3, -0.25) is 0 Å². The molecule has 2 heteroatoms. The summed E-state index contributed by atoms with van der Waals surface area (Å²) in [6.07, 6.45) is 1.50. The zero-order valence-electron chi connectivity index (χ0n) is 9.34. The summed E-state index contributed by atoms with van der Waals surface area (Å²) < 4.78 is 27.3. The standard InChI is InChI=1S/C13H18F2/c1-3-11(2)9-10-13(14,15)12-7-5-4-6-8-12/h4-8,11H,3,9-10H2,1-2H3. The molecule has 0 radical (unpaired) electrons. The van der Waals surface area contributed by atoms with Crippen LogP contribution in [0, 0.1) is 5.92 Å². The van der Waals surface area contributed by atoms with Crippen LogP contribution in [0.3, 0.4) is 0 Å². The quantitative estimate of drug-likeness (QED) is 0.668. The fourth-order valence-corrected chi connectivity index (χ4v) is 1.46. The summed E-state index contributed by atoms with van der Waals surface area (Å²) in [5.74, 6) is -2.30. The van der Waals surface area contributed by atoms with Crippen LogP contribution in [0.5, 0.6) is 0 Å². The summed E-state index contributed by atoms with van der Waals surface area (Å²) >= 11 is 0. The number of benzene rings is 1. The molecule has 1 unspecified atom stereocenters. The Labute approximate surface area is 90.3 Å². The average Bonchev–Trinajstić information content (AvgIpc) is 2.27. The van der Waals surface area contributed by atoms with E-state index < -0.39 is 5.92 Å². The van der Waals surface area contributed by atoms with E-state index in [2.05, 4.69) is 0 Å². The minimum atomic E-state index is -2.68. The zero-order chi connectivity index (χ0) is 11.3. The van der Waals surface area contributed by atoms with E-state index in [0.29, 0.717) is 12.3 Å². The molecule has 1 rings (SSSR count). The molecule has 0 aliphatic heterocycles. The second-order valence-corrected chi connectivity index (χ2v) is 4.12. The molecule has 0 aromatic heterocycles. The van der Waals surface area contributed by atoms with Crippen LogP contribution in [0.25, 0.3) is 0 Å². The van der Waals surface area contributed by atoms with Crippen molar-refractivity contribution in [2.45, 2.75) is 39.0 Å². The number of alkyl halides is 2. The predicted molar refractivity (Wildman–Crippen MR) is 59.0 cm³/mol. The molecule has 0 N–H and O–H groups in total. The summed E-state index contributed by atoms with van der Waals surface area (Å²) in [4.78, 5) is 0. The Morgan fingerprint density at radius 2 is 1.80 bits per heavy atom. The van der Waals surface area contributed by atoms with E-state index in [-0.39, 0.29) is 12.0 Å². The molecule has 0 saturated heterocycles. The van der Waals surface area contributed by atoms with E-state index in [1.165, 1.54) is 12.1 Å². The maximum atomic E-state index is 13.7. The molecule has 1 aromatic carbocycles. The molecule has 0 aliphatic rings. The van der Waals surface area contributed by atoms with Crippen molar-refractivity contribution in [1.82, 2.24) is 0 Å². The molecule has 0 fully saturated rings. The van der Waals surface area contributed by atoms with Crippen LogP contribution in [0.15, 0.2) is 30.3 Å². The Balaban J connectivity index is 2.59. The summed E-state index contributed by atoms with van der Waals surface area (Å²) in [5.41, 5.74) is 0.133. The predicted octanol–water partition coefficient (Wildman–Crippen LogP) is 4.60. The topological polar surface area (TPSA) is 0 Å². The van der Waals surface area contributed by atoms with Crippen LogP contribution in [0.4, 0.5) is 8.78 Å². The first-order chi connectivity index (χ1) is 7.06. The van der Waals surface area contributed by atoms with Gasteiger partial charge in [0.2, 0.25) is 0 Å². The highest BCUT2D eigenvalue weighted by atomic mass is 19.3. The van der Waals surface area contributed by atoms with Gasteiger partial charge >= 0.3 is 0 Å². The first-order valence-corrected chi connectivity index (χ1v) is 5.49. The van der Waals surface area contributed by atoms with Gasteiger partial charge in [-0.15, -0.1) is 0 Å². The van der Waals surface area contributed by atoms with Crippen LogP contribution < -0.4 is 0 Å². The van der Waals surface area contributed by atoms with Crippen molar-refractivity contribution in [3.63, 3.8) is 0 Å². The Hall–Kier alpha value is -0.920. The molecule has 1 atom stereocenters. The van der Waals surface area contributed by atoms with Crippen LogP contribution >= 0.6 is 0 Å². The highest BCUT2D eigenvalue weighted by molar-refractivity contribution is 5.19. The molecule has 84 valence electrons. The van der Waals surface area contributed by atoms with Gasteiger partial charge in [0.1, 0.15) is 0 Å². The smallest absolute Gasteiger partial charge is 0.201 e. The van der Waals surface area contributed by atoms with E-state index in [1.807, 2.05) is 13.8 Å². The van der Waals surface area contributed by atoms with Crippen molar-refractivity contribution >= 4 is 0 Å². The fourth-order valence-electron chi connectivity index (χ4n) is 1.46. The van der Waals surface area contributed by atoms with Crippen LogP contribution in [0.2, 0.25) is 0 Å². The Morgan fingerprint density at radius 1 is 1.20 bits per heavy atom. The lowest BCUT2D eigenvalue weighted by Crippen LogP contribution is -2.14. The van der Waals surface area contributed by atoms with Gasteiger partial charge in [0.05, 0.1) is 0 Å². The van der Waals surface area contributed by atoms with E-state index in [1.54, 1.807) is 18.2 Å². The third kappa shape index (κ3) is 3.61. The van der Waals surface area contributed by atoms with Crippen molar-refractivity contribution in [2.75, 3.05) is 0 Å². The van der Waals surface area contributed by atoms with Gasteiger partial charge in [0.15, 0.2) is 0 Å². The molecule has 15 heavy (non-hydrogen) atoms. The molecular weight excluding hydrogens is 194 g/mol. The van der Waals surface area contributed by atoms with Crippen LogP contribution in [-0.2, 0) is 5.92 Å². The number of halogens is 2. The van der Waals surface area contributed by atoms with Gasteiger partial charge in [-0.2, -0.15) is 0 Å². The SMILES string of the molecule is CCC(C)CCC(F)(F)c1ccccc1. The Morgan fingerprint density at radius 3 is 2.33 bits per heavy atom. The maximum absolute atomic E-state index is 13.7. The van der Waals surface area contributed by atoms with Gasteiger partial charge in [0, 0.05) is 12.0 Å². The minimum Gasteiger partial charge on any atom is -0.201 e. The Kier molecular flexibility index (Phi) is 4.25. The number of hydrogen-bond donors (Lipinski definition) is 0. The third-order valence-electron chi connectivity index (χ3n) is 2.84. The van der Waals surface area contributed by atoms with Gasteiger partial charge < -0.3 is 0 Å². The molecule has 0 spiro atoms. The van der Waals surface area contributed by atoms with Gasteiger partial charge in [-0.05, 0) is 12.3 Å². The monoisotopic (exact) mass is 212 g/mol. The van der Waals surface area contributed by atoms with Crippen LogP contribution in [0.1, 0.15) is 38.7 Å². The van der Waals surface area contributed by atoms with Gasteiger partial charge in [-0.1, -0.05) is 50.6 Å². The summed E-state index contributed by atoms with van der Waals surface area (Å²) in [5, 5.41) is 0. The average molecular weight is 212 g/mol. The Bertz CT molecular complexity index is 280. The van der Waals surface area contributed by atoms with Crippen molar-refractivity contribution in [3.05, 3.63) is 35.9 Å². The van der Waals surface area contributed by atoms with Crippen molar-refractivity contribution in [1.29, 1.82) is 0 Å². The van der Waals surface area contributed by atoms with E-state index >= 15 is 0 Å². The molecule has 0 amide bonds. The van der Waals surface area contributed by atoms with E-state index in [9.17, 15) is 8.78 Å². The maximum Gasteiger partial charge on any atom is 0.273 e. The van der Waals surface area contributed by atoms with E-state index in [0.717, 1.165) is 6.42 Å². The highest BCUT2D eigenvalue weighted by Gasteiger charge is 2.30. The lowest BCUT2D eigenvalue weighted by molar-refractivity contribution is -0.0188. The van der Waals surface area contributed by atoms with Gasteiger partial charge in [0.25, 0.3) is 5.92 Å². The normalized spacial score (nSPS) is 13.9. The number of hydrogen-bond acceptors (Lipinski definition) is 0. The summed E-state index contributed by atoms with van der Waals surface area (Å²) in [7, 11) is 0. The first-order valence-electron chi connectivity index (χ1n) is 5.49. The molecule has 0 heterocycles. The van der Waals surface area contributed by atoms with Crippen molar-refractivity contribution < 1.29 is 8.78 Å². The second kappa shape index (κ2) is 5.24. The van der Waals surface area contributed by atoms with Crippen molar-refractivity contribution in [3.8, 4) is 0 Å². The number of rotatable bonds is 5. The van der Waals surface area contributed by atoms with E-state index in [4.69, 9.17) is 0 Å². The largest absolute Gasteiger partial charge is 0.273 e. The second-order valence-electron chi connectivity index (χ2n) is 4.12. The third-order valence-corrected chi connectivity index (χ3v) is 2.84. The summed E-state index contributed by atoms with van der Waals surface area (Å²) in [6.45, 7) is 4.05. The fraction of sp³-hybridized carbons (Fsp3) is 0.538. The summed E-state index contributed by atoms with van der Waals surface area (Å²) in [6, 6.07) is 8.07. The van der Waals surface area contributed by atoms with Crippen molar-refractivity contribution in [2.24, 2.45) is 5.92 Å². The first kappa shape index (κ1) is 12.2. The lowest BCUT2D eigenvalue weighted by Gasteiger charge is -2.18. The molecule has 1 aromatic rings. The van der Waals surface area contributed by atoms with Crippen LogP contribution in [-0.4, -0.2) is 0 Å². The minimum absolute atomic E-state index is 0.0496. The molecule has 0 nitrogen and oxygen atoms in total. The molecule has 0 saturated carbocycles.